The zero-order valence-corrected chi connectivity index (χ0v) is 7.82. The van der Waals surface area contributed by atoms with Gasteiger partial charge in [-0.3, -0.25) is 4.90 Å². The van der Waals surface area contributed by atoms with E-state index < -0.39 is 0 Å². The highest BCUT2D eigenvalue weighted by molar-refractivity contribution is 4.86. The largest absolute Gasteiger partial charge is 0.378 e. The van der Waals surface area contributed by atoms with Crippen LogP contribution in [0.4, 0.5) is 0 Å². The highest BCUT2D eigenvalue weighted by Gasteiger charge is 2.34. The summed E-state index contributed by atoms with van der Waals surface area (Å²) in [5, 5.41) is 0. The van der Waals surface area contributed by atoms with E-state index in [-0.39, 0.29) is 0 Å². The summed E-state index contributed by atoms with van der Waals surface area (Å²) in [6.07, 6.45) is 0.374. The minimum absolute atomic E-state index is 0.374. The van der Waals surface area contributed by atoms with Crippen LogP contribution in [0.2, 0.25) is 0 Å². The van der Waals surface area contributed by atoms with Gasteiger partial charge in [0.25, 0.3) is 0 Å². The Morgan fingerprint density at radius 3 is 2.92 bits per heavy atom. The Labute approximate surface area is 73.6 Å². The number of hydrogen-bond acceptors (Lipinski definition) is 3. The molecule has 2 fully saturated rings. The number of nitrogens with zero attached hydrogens (tertiary/aromatic N) is 1. The highest BCUT2D eigenvalue weighted by atomic mass is 16.5. The van der Waals surface area contributed by atoms with Crippen LogP contribution >= 0.6 is 0 Å². The van der Waals surface area contributed by atoms with Crippen molar-refractivity contribution in [1.29, 1.82) is 0 Å². The molecule has 3 atom stereocenters. The molecule has 0 saturated carbocycles. The predicted octanol–water partition coefficient (Wildman–Crippen LogP) is 0.494. The zero-order chi connectivity index (χ0) is 8.55. The fourth-order valence-electron chi connectivity index (χ4n) is 2.02. The summed E-state index contributed by atoms with van der Waals surface area (Å²) < 4.78 is 11.0. The molecule has 2 saturated heterocycles. The third-order valence-electron chi connectivity index (χ3n) is 3.03. The molecule has 3 nitrogen and oxygen atoms in total. The van der Waals surface area contributed by atoms with Crippen molar-refractivity contribution in [1.82, 2.24) is 4.90 Å². The molecule has 2 rings (SSSR count). The van der Waals surface area contributed by atoms with E-state index in [0.717, 1.165) is 26.4 Å². The van der Waals surface area contributed by atoms with E-state index in [4.69, 9.17) is 9.47 Å². The van der Waals surface area contributed by atoms with Gasteiger partial charge < -0.3 is 9.47 Å². The molecule has 0 aromatic heterocycles. The SMILES string of the molecule is C[C@@H]1OC[C@H]2COCCN2[C@@H]1C. The first-order chi connectivity index (χ1) is 5.79. The Bertz CT molecular complexity index is 161. The van der Waals surface area contributed by atoms with Crippen LogP contribution in [0.25, 0.3) is 0 Å². The third-order valence-corrected chi connectivity index (χ3v) is 3.03. The van der Waals surface area contributed by atoms with Gasteiger partial charge in [-0.15, -0.1) is 0 Å². The van der Waals surface area contributed by atoms with Crippen LogP contribution in [0.5, 0.6) is 0 Å². The molecule has 0 aromatic rings. The van der Waals surface area contributed by atoms with Crippen LogP contribution in [-0.2, 0) is 9.47 Å². The molecule has 0 N–H and O–H groups in total. The molecule has 0 aromatic carbocycles. The highest BCUT2D eigenvalue weighted by Crippen LogP contribution is 2.20. The van der Waals surface area contributed by atoms with Gasteiger partial charge in [-0.25, -0.2) is 0 Å². The first kappa shape index (κ1) is 8.48. The molecule has 2 heterocycles. The predicted molar refractivity (Wildman–Crippen MR) is 46.2 cm³/mol. The smallest absolute Gasteiger partial charge is 0.0700 e. The van der Waals surface area contributed by atoms with Gasteiger partial charge >= 0.3 is 0 Å². The van der Waals surface area contributed by atoms with Crippen molar-refractivity contribution in [2.75, 3.05) is 26.4 Å². The molecule has 0 radical (unpaired) electrons. The van der Waals surface area contributed by atoms with E-state index in [0.29, 0.717) is 18.2 Å². The average Bonchev–Trinajstić information content (AvgIpc) is 2.12. The van der Waals surface area contributed by atoms with Gasteiger partial charge in [0, 0.05) is 12.6 Å². The summed E-state index contributed by atoms with van der Waals surface area (Å²) in [4.78, 5) is 2.51. The van der Waals surface area contributed by atoms with Crippen LogP contribution < -0.4 is 0 Å². The van der Waals surface area contributed by atoms with Gasteiger partial charge in [-0.05, 0) is 13.8 Å². The summed E-state index contributed by atoms with van der Waals surface area (Å²) in [7, 11) is 0. The van der Waals surface area contributed by atoms with Gasteiger partial charge in [0.15, 0.2) is 0 Å². The quantitative estimate of drug-likeness (QED) is 0.529. The van der Waals surface area contributed by atoms with Gasteiger partial charge in [-0.2, -0.15) is 0 Å². The number of ether oxygens (including phenoxy) is 2. The molecule has 0 spiro atoms. The lowest BCUT2D eigenvalue weighted by molar-refractivity contribution is -0.138. The van der Waals surface area contributed by atoms with E-state index >= 15 is 0 Å². The van der Waals surface area contributed by atoms with E-state index in [1.807, 2.05) is 0 Å². The topological polar surface area (TPSA) is 21.7 Å². The van der Waals surface area contributed by atoms with Crippen LogP contribution in [0.3, 0.4) is 0 Å². The van der Waals surface area contributed by atoms with Crippen molar-refractivity contribution >= 4 is 0 Å². The molecule has 70 valence electrons. The fourth-order valence-corrected chi connectivity index (χ4v) is 2.02. The number of morpholine rings is 2. The molecular weight excluding hydrogens is 154 g/mol. The van der Waals surface area contributed by atoms with E-state index in [1.165, 1.54) is 0 Å². The number of hydrogen-bond donors (Lipinski definition) is 0. The van der Waals surface area contributed by atoms with E-state index in [2.05, 4.69) is 18.7 Å². The van der Waals surface area contributed by atoms with Gasteiger partial charge in [0.2, 0.25) is 0 Å². The van der Waals surface area contributed by atoms with Gasteiger partial charge in [0.1, 0.15) is 0 Å². The second-order valence-electron chi connectivity index (χ2n) is 3.75. The number of fused-ring (bicyclic) bond motifs is 1. The summed E-state index contributed by atoms with van der Waals surface area (Å²) in [6, 6.07) is 1.05. The third kappa shape index (κ3) is 1.37. The monoisotopic (exact) mass is 171 g/mol. The van der Waals surface area contributed by atoms with Crippen molar-refractivity contribution < 1.29 is 9.47 Å². The Hall–Kier alpha value is -0.120. The molecule has 2 aliphatic heterocycles. The van der Waals surface area contributed by atoms with Crippen molar-refractivity contribution in [3.8, 4) is 0 Å². The molecule has 0 aliphatic carbocycles. The second-order valence-corrected chi connectivity index (χ2v) is 3.75. The van der Waals surface area contributed by atoms with Crippen molar-refractivity contribution in [2.45, 2.75) is 32.0 Å². The summed E-state index contributed by atoms with van der Waals surface area (Å²) in [6.45, 7) is 8.02. The number of rotatable bonds is 0. The van der Waals surface area contributed by atoms with Crippen LogP contribution in [-0.4, -0.2) is 49.5 Å². The maximum absolute atomic E-state index is 5.64. The molecule has 2 aliphatic rings. The molecule has 3 heteroatoms. The van der Waals surface area contributed by atoms with Crippen molar-refractivity contribution in [3.63, 3.8) is 0 Å². The van der Waals surface area contributed by atoms with E-state index in [1.54, 1.807) is 0 Å². The molecule has 0 bridgehead atoms. The first-order valence-corrected chi connectivity index (χ1v) is 4.74. The minimum Gasteiger partial charge on any atom is -0.378 e. The Morgan fingerprint density at radius 2 is 2.08 bits per heavy atom. The molecule has 0 amide bonds. The van der Waals surface area contributed by atoms with Gasteiger partial charge in [-0.1, -0.05) is 0 Å². The first-order valence-electron chi connectivity index (χ1n) is 4.74. The van der Waals surface area contributed by atoms with Crippen LogP contribution in [0, 0.1) is 0 Å². The minimum atomic E-state index is 0.374. The summed E-state index contributed by atoms with van der Waals surface area (Å²) in [5.41, 5.74) is 0. The van der Waals surface area contributed by atoms with Crippen LogP contribution in [0.1, 0.15) is 13.8 Å². The lowest BCUT2D eigenvalue weighted by Crippen LogP contribution is -2.59. The fraction of sp³-hybridized carbons (Fsp3) is 1.00. The van der Waals surface area contributed by atoms with Gasteiger partial charge in [0.05, 0.1) is 32.0 Å². The Kier molecular flexibility index (Phi) is 2.35. The lowest BCUT2D eigenvalue weighted by Gasteiger charge is -2.46. The van der Waals surface area contributed by atoms with E-state index in [9.17, 15) is 0 Å². The maximum atomic E-state index is 5.64. The van der Waals surface area contributed by atoms with Crippen LogP contribution in [0.15, 0.2) is 0 Å². The summed E-state index contributed by atoms with van der Waals surface area (Å²) in [5.74, 6) is 0. The lowest BCUT2D eigenvalue weighted by atomic mass is 10.1. The van der Waals surface area contributed by atoms with Crippen molar-refractivity contribution in [3.05, 3.63) is 0 Å². The molecule has 12 heavy (non-hydrogen) atoms. The normalized spacial score (nSPS) is 44.0. The average molecular weight is 171 g/mol. The molecule has 0 unspecified atom stereocenters. The summed E-state index contributed by atoms with van der Waals surface area (Å²) >= 11 is 0. The Balaban J connectivity index is 2.03. The zero-order valence-electron chi connectivity index (χ0n) is 7.82. The standard InChI is InChI=1S/C9H17NO2/c1-7-8(2)12-6-9-5-11-4-3-10(7)9/h7-9H,3-6H2,1-2H3/t7-,8+,9-/m1/s1. The second kappa shape index (κ2) is 3.32. The maximum Gasteiger partial charge on any atom is 0.0700 e. The molecular formula is C9H17NO2. The Morgan fingerprint density at radius 1 is 1.25 bits per heavy atom. The van der Waals surface area contributed by atoms with Crippen molar-refractivity contribution in [2.24, 2.45) is 0 Å².